The molecule has 1 atom stereocenters. The van der Waals surface area contributed by atoms with Crippen molar-refractivity contribution in [3.63, 3.8) is 0 Å². The molecule has 0 aliphatic carbocycles. The quantitative estimate of drug-likeness (QED) is 0.446. The van der Waals surface area contributed by atoms with Crippen LogP contribution in [0.5, 0.6) is 5.75 Å². The molecule has 0 bridgehead atoms. The molecule has 9 heteroatoms. The number of ether oxygens (including phenoxy) is 3. The molecule has 4 rings (SSSR count). The second-order valence-corrected chi connectivity index (χ2v) is 9.11. The van der Waals surface area contributed by atoms with Gasteiger partial charge in [0.25, 0.3) is 5.56 Å². The Labute approximate surface area is 217 Å². The molecule has 1 amide bonds. The van der Waals surface area contributed by atoms with Crippen LogP contribution in [-0.2, 0) is 16.0 Å². The number of carbonyl (C=O) groups is 1. The summed E-state index contributed by atoms with van der Waals surface area (Å²) in [6.45, 7) is 9.69. The minimum absolute atomic E-state index is 0.207. The van der Waals surface area contributed by atoms with Gasteiger partial charge in [0, 0.05) is 42.9 Å². The van der Waals surface area contributed by atoms with Crippen molar-refractivity contribution in [1.29, 1.82) is 0 Å². The summed E-state index contributed by atoms with van der Waals surface area (Å²) >= 11 is 0. The van der Waals surface area contributed by atoms with Gasteiger partial charge in [0.2, 0.25) is 0 Å². The fourth-order valence-corrected chi connectivity index (χ4v) is 4.16. The number of benzene rings is 2. The summed E-state index contributed by atoms with van der Waals surface area (Å²) in [7, 11) is 0. The van der Waals surface area contributed by atoms with Crippen molar-refractivity contribution in [3.8, 4) is 17.0 Å². The number of amides is 1. The minimum Gasteiger partial charge on any atom is -0.493 e. The SMILES string of the molecule is CCOC(=O)Nc1cccc(Cn2nc(-c3ccc(OCC(C)CN4CCOCC4)cc3)ccc2=O)c1. The average molecular weight is 507 g/mol. The molecule has 3 aromatic rings. The van der Waals surface area contributed by atoms with Gasteiger partial charge in [-0.2, -0.15) is 5.10 Å². The summed E-state index contributed by atoms with van der Waals surface area (Å²) in [6.07, 6.45) is -0.518. The molecular weight excluding hydrogens is 472 g/mol. The summed E-state index contributed by atoms with van der Waals surface area (Å²) in [5.41, 5.74) is 2.79. The van der Waals surface area contributed by atoms with Crippen LogP contribution < -0.4 is 15.6 Å². The summed E-state index contributed by atoms with van der Waals surface area (Å²) in [5.74, 6) is 1.21. The lowest BCUT2D eigenvalue weighted by Crippen LogP contribution is -2.39. The van der Waals surface area contributed by atoms with E-state index in [1.165, 1.54) is 10.7 Å². The maximum atomic E-state index is 12.5. The monoisotopic (exact) mass is 506 g/mol. The Kier molecular flexibility index (Phi) is 9.29. The smallest absolute Gasteiger partial charge is 0.411 e. The Balaban J connectivity index is 1.37. The first-order valence-corrected chi connectivity index (χ1v) is 12.6. The Bertz CT molecular complexity index is 1220. The van der Waals surface area contributed by atoms with Crippen LogP contribution in [0.15, 0.2) is 65.5 Å². The standard InChI is InChI=1S/C28H34N4O5/c1-3-36-28(34)29-24-6-4-5-22(17-24)19-32-27(33)12-11-26(30-32)23-7-9-25(10-8-23)37-20-21(2)18-31-13-15-35-16-14-31/h4-12,17,21H,3,13-16,18-20H2,1-2H3,(H,29,34). The van der Waals surface area contributed by atoms with Gasteiger partial charge < -0.3 is 14.2 Å². The lowest BCUT2D eigenvalue weighted by molar-refractivity contribution is 0.0283. The van der Waals surface area contributed by atoms with Crippen LogP contribution >= 0.6 is 0 Å². The zero-order valence-corrected chi connectivity index (χ0v) is 21.4. The fraction of sp³-hybridized carbons (Fsp3) is 0.393. The number of aromatic nitrogens is 2. The number of carbonyl (C=O) groups excluding carboxylic acids is 1. The molecule has 9 nitrogen and oxygen atoms in total. The molecule has 0 radical (unpaired) electrons. The number of nitrogens with zero attached hydrogens (tertiary/aromatic N) is 3. The lowest BCUT2D eigenvalue weighted by atomic mass is 10.1. The van der Waals surface area contributed by atoms with Crippen LogP contribution in [0, 0.1) is 5.92 Å². The first-order chi connectivity index (χ1) is 18.0. The van der Waals surface area contributed by atoms with Crippen molar-refractivity contribution in [2.24, 2.45) is 5.92 Å². The second-order valence-electron chi connectivity index (χ2n) is 9.11. The van der Waals surface area contributed by atoms with E-state index < -0.39 is 6.09 Å². The van der Waals surface area contributed by atoms with Gasteiger partial charge in [0.15, 0.2) is 0 Å². The normalized spacial score (nSPS) is 14.6. The maximum Gasteiger partial charge on any atom is 0.411 e. The summed E-state index contributed by atoms with van der Waals surface area (Å²) in [4.78, 5) is 26.6. The average Bonchev–Trinajstić information content (AvgIpc) is 2.90. The van der Waals surface area contributed by atoms with Gasteiger partial charge >= 0.3 is 6.09 Å². The highest BCUT2D eigenvalue weighted by molar-refractivity contribution is 5.84. The van der Waals surface area contributed by atoms with E-state index in [1.54, 1.807) is 25.1 Å². The van der Waals surface area contributed by atoms with Crippen molar-refractivity contribution >= 4 is 11.8 Å². The van der Waals surface area contributed by atoms with Gasteiger partial charge in [-0.15, -0.1) is 0 Å². The van der Waals surface area contributed by atoms with E-state index in [0.29, 0.717) is 30.5 Å². The zero-order valence-electron chi connectivity index (χ0n) is 21.4. The van der Waals surface area contributed by atoms with Crippen LogP contribution in [0.1, 0.15) is 19.4 Å². The van der Waals surface area contributed by atoms with E-state index in [9.17, 15) is 9.59 Å². The number of rotatable bonds is 10. The van der Waals surface area contributed by atoms with Crippen molar-refractivity contribution in [2.45, 2.75) is 20.4 Å². The Morgan fingerprint density at radius 2 is 1.89 bits per heavy atom. The first-order valence-electron chi connectivity index (χ1n) is 12.6. The molecule has 0 saturated carbocycles. The Morgan fingerprint density at radius 3 is 2.65 bits per heavy atom. The zero-order chi connectivity index (χ0) is 26.0. The first kappa shape index (κ1) is 26.4. The number of hydrogen-bond donors (Lipinski definition) is 1. The van der Waals surface area contributed by atoms with Crippen LogP contribution in [0.2, 0.25) is 0 Å². The molecule has 1 fully saturated rings. The highest BCUT2D eigenvalue weighted by Crippen LogP contribution is 2.21. The van der Waals surface area contributed by atoms with E-state index in [4.69, 9.17) is 14.2 Å². The number of hydrogen-bond acceptors (Lipinski definition) is 7. The number of anilines is 1. The Hall–Kier alpha value is -3.69. The summed E-state index contributed by atoms with van der Waals surface area (Å²) in [6, 6.07) is 18.2. The number of morpholine rings is 1. The lowest BCUT2D eigenvalue weighted by Gasteiger charge is -2.29. The van der Waals surface area contributed by atoms with Gasteiger partial charge in [0.1, 0.15) is 5.75 Å². The molecule has 1 saturated heterocycles. The van der Waals surface area contributed by atoms with Gasteiger partial charge in [-0.25, -0.2) is 9.48 Å². The highest BCUT2D eigenvalue weighted by Gasteiger charge is 2.14. The Morgan fingerprint density at radius 1 is 1.11 bits per heavy atom. The van der Waals surface area contributed by atoms with Gasteiger partial charge in [0.05, 0.1) is 38.7 Å². The van der Waals surface area contributed by atoms with E-state index in [2.05, 4.69) is 22.2 Å². The van der Waals surface area contributed by atoms with Crippen LogP contribution in [0.25, 0.3) is 11.3 Å². The fourth-order valence-electron chi connectivity index (χ4n) is 4.16. The maximum absolute atomic E-state index is 12.5. The van der Waals surface area contributed by atoms with Gasteiger partial charge in [-0.1, -0.05) is 19.1 Å². The third-order valence-corrected chi connectivity index (χ3v) is 6.01. The molecule has 2 aromatic carbocycles. The third kappa shape index (κ3) is 7.90. The van der Waals surface area contributed by atoms with Crippen molar-refractivity contribution < 1.29 is 19.0 Å². The second kappa shape index (κ2) is 13.0. The van der Waals surface area contributed by atoms with Crippen molar-refractivity contribution in [2.75, 3.05) is 51.4 Å². The molecular formula is C28H34N4O5. The largest absolute Gasteiger partial charge is 0.493 e. The third-order valence-electron chi connectivity index (χ3n) is 6.01. The van der Waals surface area contributed by atoms with Crippen LogP contribution in [-0.4, -0.2) is 66.8 Å². The number of nitrogens with one attached hydrogen (secondary N) is 1. The van der Waals surface area contributed by atoms with E-state index >= 15 is 0 Å². The van der Waals surface area contributed by atoms with E-state index in [0.717, 1.165) is 49.7 Å². The molecule has 1 aromatic heterocycles. The molecule has 1 N–H and O–H groups in total. The van der Waals surface area contributed by atoms with E-state index in [-0.39, 0.29) is 12.1 Å². The molecule has 37 heavy (non-hydrogen) atoms. The van der Waals surface area contributed by atoms with E-state index in [1.807, 2.05) is 36.4 Å². The predicted molar refractivity (Wildman–Crippen MR) is 142 cm³/mol. The van der Waals surface area contributed by atoms with Crippen LogP contribution in [0.4, 0.5) is 10.5 Å². The predicted octanol–water partition coefficient (Wildman–Crippen LogP) is 3.87. The molecule has 1 unspecified atom stereocenters. The topological polar surface area (TPSA) is 94.9 Å². The van der Waals surface area contributed by atoms with Gasteiger partial charge in [-0.05, 0) is 55.0 Å². The molecule has 0 spiro atoms. The highest BCUT2D eigenvalue weighted by atomic mass is 16.5. The summed E-state index contributed by atoms with van der Waals surface area (Å²) < 4.78 is 17.7. The van der Waals surface area contributed by atoms with Crippen molar-refractivity contribution in [1.82, 2.24) is 14.7 Å². The summed E-state index contributed by atoms with van der Waals surface area (Å²) in [5, 5.41) is 7.24. The molecule has 2 heterocycles. The van der Waals surface area contributed by atoms with Crippen molar-refractivity contribution in [3.05, 3.63) is 76.6 Å². The van der Waals surface area contributed by atoms with Crippen LogP contribution in [0.3, 0.4) is 0 Å². The molecule has 1 aliphatic rings. The minimum atomic E-state index is -0.518. The van der Waals surface area contributed by atoms with Gasteiger partial charge in [-0.3, -0.25) is 15.0 Å². The molecule has 196 valence electrons. The molecule has 1 aliphatic heterocycles.